The van der Waals surface area contributed by atoms with E-state index in [9.17, 15) is 13.6 Å². The van der Waals surface area contributed by atoms with Gasteiger partial charge in [0.25, 0.3) is 5.56 Å². The number of aryl methyl sites for hydroxylation is 1. The van der Waals surface area contributed by atoms with Gasteiger partial charge >= 0.3 is 0 Å². The van der Waals surface area contributed by atoms with Crippen LogP contribution in [0.5, 0.6) is 0 Å². The summed E-state index contributed by atoms with van der Waals surface area (Å²) in [4.78, 5) is 29.0. The number of benzene rings is 2. The second kappa shape index (κ2) is 7.52. The van der Waals surface area contributed by atoms with Crippen molar-refractivity contribution in [3.05, 3.63) is 88.4 Å². The summed E-state index contributed by atoms with van der Waals surface area (Å²) in [6.07, 6.45) is 2.90. The van der Waals surface area contributed by atoms with Gasteiger partial charge in [0.2, 0.25) is 0 Å². The molecule has 0 saturated carbocycles. The van der Waals surface area contributed by atoms with E-state index in [0.717, 1.165) is 0 Å². The fraction of sp³-hybridized carbons (Fsp3) is 0.130. The first-order valence-corrected chi connectivity index (χ1v) is 9.96. The molecule has 0 bridgehead atoms. The van der Waals surface area contributed by atoms with Crippen molar-refractivity contribution >= 4 is 27.8 Å². The maximum absolute atomic E-state index is 14.8. The molecule has 0 fully saturated rings. The zero-order valence-corrected chi connectivity index (χ0v) is 17.2. The highest BCUT2D eigenvalue weighted by Gasteiger charge is 2.21. The van der Waals surface area contributed by atoms with Crippen molar-refractivity contribution in [3.63, 3.8) is 0 Å². The highest BCUT2D eigenvalue weighted by Crippen LogP contribution is 2.28. The number of rotatable bonds is 4. The molecule has 0 radical (unpaired) electrons. The van der Waals surface area contributed by atoms with Crippen LogP contribution in [0.15, 0.2) is 59.9 Å². The van der Waals surface area contributed by atoms with Gasteiger partial charge in [0.05, 0.1) is 23.4 Å². The van der Waals surface area contributed by atoms with Gasteiger partial charge in [-0.1, -0.05) is 18.2 Å². The van der Waals surface area contributed by atoms with Crippen LogP contribution in [-0.4, -0.2) is 24.5 Å². The van der Waals surface area contributed by atoms with Crippen LogP contribution in [0, 0.1) is 18.6 Å². The third-order valence-corrected chi connectivity index (χ3v) is 5.52. The number of hydrogen-bond donors (Lipinski definition) is 2. The van der Waals surface area contributed by atoms with Crippen LogP contribution in [0.1, 0.15) is 24.2 Å². The van der Waals surface area contributed by atoms with Crippen molar-refractivity contribution < 1.29 is 8.78 Å². The number of hydrogen-bond acceptors (Lipinski definition) is 5. The summed E-state index contributed by atoms with van der Waals surface area (Å²) in [7, 11) is 0. The Kier molecular flexibility index (Phi) is 4.66. The number of nitrogens with one attached hydrogen (secondary N) is 2. The molecule has 0 spiro atoms. The predicted octanol–water partition coefficient (Wildman–Crippen LogP) is 4.42. The third-order valence-electron chi connectivity index (χ3n) is 5.52. The number of pyridine rings is 1. The van der Waals surface area contributed by atoms with E-state index in [1.165, 1.54) is 35.4 Å². The number of nitrogens with zero attached hydrogens (tertiary/aromatic N) is 4. The van der Waals surface area contributed by atoms with Crippen molar-refractivity contribution in [1.29, 1.82) is 0 Å². The Morgan fingerprint density at radius 3 is 2.69 bits per heavy atom. The Hall–Kier alpha value is -4.14. The van der Waals surface area contributed by atoms with Crippen molar-refractivity contribution in [3.8, 4) is 5.69 Å². The molecular weight excluding hydrogens is 414 g/mol. The molecule has 5 rings (SSSR count). The lowest BCUT2D eigenvalue weighted by molar-refractivity contribution is 0.610. The molecule has 0 aliphatic heterocycles. The number of imidazole rings is 1. The van der Waals surface area contributed by atoms with Gasteiger partial charge in [-0.05, 0) is 49.1 Å². The van der Waals surface area contributed by atoms with Gasteiger partial charge < -0.3 is 10.3 Å². The second-order valence-electron chi connectivity index (χ2n) is 7.49. The molecule has 0 amide bonds. The van der Waals surface area contributed by atoms with Crippen LogP contribution >= 0.6 is 0 Å². The van der Waals surface area contributed by atoms with Gasteiger partial charge in [0.15, 0.2) is 11.5 Å². The summed E-state index contributed by atoms with van der Waals surface area (Å²) in [5.41, 5.74) is 1.40. The number of fused-ring (bicyclic) bond motifs is 2. The molecule has 7 nitrogen and oxygen atoms in total. The molecule has 0 saturated heterocycles. The van der Waals surface area contributed by atoms with Crippen molar-refractivity contribution in [2.45, 2.75) is 19.9 Å². The SMILES string of the molecule is Cc1c(F)ccc2cc([C@H](C)Nc3ncnc4nc[nH]c34)n(-c3ccccc3F)c(=O)c12. The molecule has 2 N–H and O–H groups in total. The number of anilines is 1. The summed E-state index contributed by atoms with van der Waals surface area (Å²) in [6, 6.07) is 10.2. The Bertz CT molecular complexity index is 1540. The zero-order chi connectivity index (χ0) is 22.4. The fourth-order valence-electron chi connectivity index (χ4n) is 3.92. The van der Waals surface area contributed by atoms with Crippen molar-refractivity contribution in [2.24, 2.45) is 0 Å². The summed E-state index contributed by atoms with van der Waals surface area (Å²) < 4.78 is 30.3. The number of aromatic nitrogens is 5. The van der Waals surface area contributed by atoms with E-state index >= 15 is 0 Å². The molecule has 32 heavy (non-hydrogen) atoms. The minimum atomic E-state index is -0.561. The second-order valence-corrected chi connectivity index (χ2v) is 7.49. The van der Waals surface area contributed by atoms with E-state index in [0.29, 0.717) is 28.1 Å². The highest BCUT2D eigenvalue weighted by atomic mass is 19.1. The van der Waals surface area contributed by atoms with Gasteiger partial charge in [-0.2, -0.15) is 0 Å². The van der Waals surface area contributed by atoms with Gasteiger partial charge in [0.1, 0.15) is 23.5 Å². The zero-order valence-electron chi connectivity index (χ0n) is 17.2. The number of para-hydroxylation sites is 1. The minimum Gasteiger partial charge on any atom is -0.360 e. The monoisotopic (exact) mass is 432 g/mol. The third kappa shape index (κ3) is 3.09. The molecule has 0 unspecified atom stereocenters. The molecule has 3 heterocycles. The summed E-state index contributed by atoms with van der Waals surface area (Å²) in [6.45, 7) is 3.38. The highest BCUT2D eigenvalue weighted by molar-refractivity contribution is 5.86. The van der Waals surface area contributed by atoms with Crippen LogP contribution in [-0.2, 0) is 0 Å². The Labute approximate surface area is 180 Å². The number of H-pyrrole nitrogens is 1. The molecule has 3 aromatic heterocycles. The van der Waals surface area contributed by atoms with Crippen molar-refractivity contribution in [1.82, 2.24) is 24.5 Å². The Morgan fingerprint density at radius 1 is 1.06 bits per heavy atom. The quantitative estimate of drug-likeness (QED) is 0.439. The molecular formula is C23H18F2N6O. The van der Waals surface area contributed by atoms with Crippen LogP contribution in [0.3, 0.4) is 0 Å². The topological polar surface area (TPSA) is 88.5 Å². The van der Waals surface area contributed by atoms with Crippen LogP contribution < -0.4 is 10.9 Å². The van der Waals surface area contributed by atoms with Gasteiger partial charge in [-0.15, -0.1) is 0 Å². The number of aromatic amines is 1. The fourth-order valence-corrected chi connectivity index (χ4v) is 3.92. The van der Waals surface area contributed by atoms with Gasteiger partial charge in [0, 0.05) is 5.69 Å². The normalized spacial score (nSPS) is 12.4. The summed E-state index contributed by atoms with van der Waals surface area (Å²) in [5, 5.41) is 4.04. The first-order valence-electron chi connectivity index (χ1n) is 9.96. The number of halogens is 2. The van der Waals surface area contributed by atoms with E-state index in [-0.39, 0.29) is 16.6 Å². The molecule has 2 aromatic carbocycles. The summed E-state index contributed by atoms with van der Waals surface area (Å²) in [5.74, 6) is -0.561. The largest absolute Gasteiger partial charge is 0.360 e. The Morgan fingerprint density at radius 2 is 1.88 bits per heavy atom. The maximum atomic E-state index is 14.8. The van der Waals surface area contributed by atoms with Crippen molar-refractivity contribution in [2.75, 3.05) is 5.32 Å². The standard InChI is InChI=1S/C23H18F2N6O/c1-12-15(24)8-7-14-9-18(13(2)30-22-20-21(27-10-26-20)28-11-29-22)31(23(32)19(12)14)17-6-4-3-5-16(17)25/h3-11,13H,1-2H3,(H2,26,27,28,29,30)/t13-/m0/s1. The first kappa shape index (κ1) is 19.8. The molecule has 9 heteroatoms. The first-order chi connectivity index (χ1) is 15.5. The van der Waals surface area contributed by atoms with Gasteiger partial charge in [-0.25, -0.2) is 23.7 Å². The van der Waals surface area contributed by atoms with Crippen LogP contribution in [0.25, 0.3) is 27.6 Å². The molecule has 0 aliphatic carbocycles. The maximum Gasteiger partial charge on any atom is 0.263 e. The minimum absolute atomic E-state index is 0.0843. The van der Waals surface area contributed by atoms with E-state index < -0.39 is 23.2 Å². The van der Waals surface area contributed by atoms with E-state index in [4.69, 9.17) is 0 Å². The molecule has 0 aliphatic rings. The van der Waals surface area contributed by atoms with E-state index in [1.54, 1.807) is 31.2 Å². The Balaban J connectivity index is 1.75. The average molecular weight is 432 g/mol. The lowest BCUT2D eigenvalue weighted by Crippen LogP contribution is -2.27. The van der Waals surface area contributed by atoms with Crippen LogP contribution in [0.2, 0.25) is 0 Å². The predicted molar refractivity (Wildman–Crippen MR) is 118 cm³/mol. The summed E-state index contributed by atoms with van der Waals surface area (Å²) >= 11 is 0. The molecule has 1 atom stereocenters. The van der Waals surface area contributed by atoms with E-state index in [1.807, 2.05) is 6.92 Å². The molecule has 160 valence electrons. The smallest absolute Gasteiger partial charge is 0.263 e. The average Bonchev–Trinajstić information content (AvgIpc) is 3.27. The molecule has 5 aromatic rings. The van der Waals surface area contributed by atoms with Gasteiger partial charge in [-0.3, -0.25) is 9.36 Å². The van der Waals surface area contributed by atoms with Crippen LogP contribution in [0.4, 0.5) is 14.6 Å². The lowest BCUT2D eigenvalue weighted by atomic mass is 10.0. The lowest BCUT2D eigenvalue weighted by Gasteiger charge is -2.22. The van der Waals surface area contributed by atoms with E-state index in [2.05, 4.69) is 25.3 Å².